The molecule has 198 valence electrons. The molecular formula is C26H25ClFN5O3S2. The third-order valence-electron chi connectivity index (χ3n) is 6.20. The average Bonchev–Trinajstić information content (AvgIpc) is 3.32. The van der Waals surface area contributed by atoms with Crippen molar-refractivity contribution in [1.82, 2.24) is 15.2 Å². The van der Waals surface area contributed by atoms with Gasteiger partial charge in [0.15, 0.2) is 5.13 Å². The second kappa shape index (κ2) is 11.2. The van der Waals surface area contributed by atoms with Crippen LogP contribution in [0.15, 0.2) is 71.6 Å². The van der Waals surface area contributed by atoms with Crippen molar-refractivity contribution in [1.29, 1.82) is 0 Å². The topological polar surface area (TPSA) is 94.6 Å². The number of sulfonamides is 1. The zero-order valence-corrected chi connectivity index (χ0v) is 22.6. The quantitative estimate of drug-likeness (QED) is 0.324. The maximum absolute atomic E-state index is 13.1. The molecular weight excluding hydrogens is 549 g/mol. The van der Waals surface area contributed by atoms with Gasteiger partial charge in [0.25, 0.3) is 15.9 Å². The van der Waals surface area contributed by atoms with Crippen LogP contribution in [-0.2, 0) is 10.0 Å². The van der Waals surface area contributed by atoms with Gasteiger partial charge >= 0.3 is 0 Å². The van der Waals surface area contributed by atoms with Crippen molar-refractivity contribution in [2.45, 2.75) is 4.90 Å². The second-order valence-corrected chi connectivity index (χ2v) is 12.0. The lowest BCUT2D eigenvalue weighted by molar-refractivity contribution is 0.0948. The average molecular weight is 574 g/mol. The number of benzene rings is 3. The number of hydrogen-bond donors (Lipinski definition) is 2. The van der Waals surface area contributed by atoms with Gasteiger partial charge in [-0.1, -0.05) is 29.0 Å². The normalized spacial score (nSPS) is 14.5. The van der Waals surface area contributed by atoms with Crippen molar-refractivity contribution in [3.63, 3.8) is 0 Å². The highest BCUT2D eigenvalue weighted by molar-refractivity contribution is 7.92. The first-order valence-corrected chi connectivity index (χ1v) is 14.6. The molecule has 0 aliphatic carbocycles. The minimum Gasteiger partial charge on any atom is -0.351 e. The van der Waals surface area contributed by atoms with Gasteiger partial charge in [-0.15, -0.1) is 0 Å². The van der Waals surface area contributed by atoms with Crippen molar-refractivity contribution in [2.75, 3.05) is 48.9 Å². The molecule has 5 rings (SSSR count). The summed E-state index contributed by atoms with van der Waals surface area (Å²) in [6.45, 7) is 4.56. The Morgan fingerprint density at radius 1 is 1.03 bits per heavy atom. The van der Waals surface area contributed by atoms with Crippen molar-refractivity contribution >= 4 is 59.9 Å². The van der Waals surface area contributed by atoms with Gasteiger partial charge in [0.05, 0.1) is 15.1 Å². The summed E-state index contributed by atoms with van der Waals surface area (Å²) < 4.78 is 41.8. The molecule has 1 amide bonds. The molecule has 1 saturated heterocycles. The Kier molecular flexibility index (Phi) is 7.80. The van der Waals surface area contributed by atoms with Gasteiger partial charge in [-0.25, -0.2) is 17.8 Å². The summed E-state index contributed by atoms with van der Waals surface area (Å²) in [5.74, 6) is -0.817. The van der Waals surface area contributed by atoms with Crippen LogP contribution in [0.1, 0.15) is 10.4 Å². The molecule has 0 unspecified atom stereocenters. The number of halogens is 2. The van der Waals surface area contributed by atoms with Crippen LogP contribution >= 0.6 is 22.9 Å². The molecule has 8 nitrogen and oxygen atoms in total. The zero-order chi connectivity index (χ0) is 26.7. The van der Waals surface area contributed by atoms with E-state index in [-0.39, 0.29) is 16.5 Å². The van der Waals surface area contributed by atoms with E-state index in [2.05, 4.69) is 19.8 Å². The van der Waals surface area contributed by atoms with Gasteiger partial charge in [0.2, 0.25) is 0 Å². The van der Waals surface area contributed by atoms with Crippen molar-refractivity contribution < 1.29 is 17.6 Å². The van der Waals surface area contributed by atoms with Gasteiger partial charge in [0, 0.05) is 55.5 Å². The minimum atomic E-state index is -3.91. The van der Waals surface area contributed by atoms with Gasteiger partial charge < -0.3 is 10.2 Å². The molecule has 1 fully saturated rings. The fourth-order valence-corrected chi connectivity index (χ4v) is 6.51. The molecule has 2 N–H and O–H groups in total. The second-order valence-electron chi connectivity index (χ2n) is 8.83. The highest BCUT2D eigenvalue weighted by Crippen LogP contribution is 2.31. The number of fused-ring (bicyclic) bond motifs is 1. The lowest BCUT2D eigenvalue weighted by Crippen LogP contribution is -2.48. The molecule has 0 bridgehead atoms. The molecule has 1 aliphatic rings. The van der Waals surface area contributed by atoms with Gasteiger partial charge in [-0.2, -0.15) is 0 Å². The Morgan fingerprint density at radius 3 is 2.55 bits per heavy atom. The standard InChI is InChI=1S/C26H25ClFN5O3S2/c27-19-4-9-23-24(17-19)37-26(30-23)33-14-12-32(13-15-33)11-10-29-25(34)18-2-1-3-21(16-18)31-38(35,36)22-7-5-20(28)6-8-22/h1-9,16-17,31H,10-15H2,(H,29,34). The van der Waals surface area contributed by atoms with E-state index < -0.39 is 15.8 Å². The van der Waals surface area contributed by atoms with E-state index in [9.17, 15) is 17.6 Å². The summed E-state index contributed by atoms with van der Waals surface area (Å²) in [6.07, 6.45) is 0. The van der Waals surface area contributed by atoms with E-state index >= 15 is 0 Å². The minimum absolute atomic E-state index is 0.0682. The number of rotatable bonds is 8. The van der Waals surface area contributed by atoms with Gasteiger partial charge in [0.1, 0.15) is 5.82 Å². The predicted octanol–water partition coefficient (Wildman–Crippen LogP) is 4.44. The van der Waals surface area contributed by atoms with Crippen molar-refractivity contribution in [3.05, 3.63) is 83.1 Å². The van der Waals surface area contributed by atoms with Gasteiger partial charge in [-0.3, -0.25) is 14.4 Å². The number of anilines is 2. The number of nitrogens with one attached hydrogen (secondary N) is 2. The SMILES string of the molecule is O=C(NCCN1CCN(c2nc3ccc(Cl)cc3s2)CC1)c1cccc(NS(=O)(=O)c2ccc(F)cc2)c1. The smallest absolute Gasteiger partial charge is 0.261 e. The number of hydrogen-bond acceptors (Lipinski definition) is 7. The molecule has 0 saturated carbocycles. The van der Waals surface area contributed by atoms with Crippen LogP contribution in [0.3, 0.4) is 0 Å². The molecule has 0 spiro atoms. The van der Waals surface area contributed by atoms with E-state index in [1.165, 1.54) is 18.2 Å². The highest BCUT2D eigenvalue weighted by atomic mass is 35.5. The van der Waals surface area contributed by atoms with E-state index in [4.69, 9.17) is 16.6 Å². The lowest BCUT2D eigenvalue weighted by atomic mass is 10.2. The molecule has 1 aromatic heterocycles. The molecule has 0 radical (unpaired) electrons. The maximum atomic E-state index is 13.1. The number of aromatic nitrogens is 1. The number of piperazine rings is 1. The molecule has 4 aromatic rings. The molecule has 12 heteroatoms. The maximum Gasteiger partial charge on any atom is 0.261 e. The van der Waals surface area contributed by atoms with Crippen LogP contribution in [-0.4, -0.2) is 63.5 Å². The van der Waals surface area contributed by atoms with Crippen molar-refractivity contribution in [3.8, 4) is 0 Å². The monoisotopic (exact) mass is 573 g/mol. The van der Waals surface area contributed by atoms with Crippen LogP contribution in [0.25, 0.3) is 10.2 Å². The van der Waals surface area contributed by atoms with Crippen LogP contribution in [0.5, 0.6) is 0 Å². The third-order valence-corrected chi connectivity index (χ3v) is 8.91. The molecule has 0 atom stereocenters. The fraction of sp³-hybridized carbons (Fsp3) is 0.231. The predicted molar refractivity (Wildman–Crippen MR) is 149 cm³/mol. The summed E-state index contributed by atoms with van der Waals surface area (Å²) in [5.41, 5.74) is 1.53. The van der Waals surface area contributed by atoms with Crippen LogP contribution in [0.4, 0.5) is 15.2 Å². The lowest BCUT2D eigenvalue weighted by Gasteiger charge is -2.34. The summed E-state index contributed by atoms with van der Waals surface area (Å²) >= 11 is 7.73. The summed E-state index contributed by atoms with van der Waals surface area (Å²) in [5, 5.41) is 4.60. The molecule has 1 aliphatic heterocycles. The third kappa shape index (κ3) is 6.24. The summed E-state index contributed by atoms with van der Waals surface area (Å²) in [7, 11) is -3.91. The number of carbonyl (C=O) groups excluding carboxylic acids is 1. The van der Waals surface area contributed by atoms with Crippen molar-refractivity contribution in [2.24, 2.45) is 0 Å². The Bertz CT molecular complexity index is 1550. The summed E-state index contributed by atoms with van der Waals surface area (Å²) in [6, 6.07) is 16.5. The van der Waals surface area contributed by atoms with E-state index in [0.717, 1.165) is 53.7 Å². The molecule has 3 aromatic carbocycles. The van der Waals surface area contributed by atoms with Gasteiger partial charge in [-0.05, 0) is 60.7 Å². The first-order valence-electron chi connectivity index (χ1n) is 12.0. The van der Waals surface area contributed by atoms with Crippen LogP contribution < -0.4 is 14.9 Å². The number of thiazole rings is 1. The summed E-state index contributed by atoms with van der Waals surface area (Å²) in [4.78, 5) is 21.9. The first kappa shape index (κ1) is 26.4. The number of carbonyl (C=O) groups is 1. The van der Waals surface area contributed by atoms with Crippen LogP contribution in [0.2, 0.25) is 5.02 Å². The highest BCUT2D eigenvalue weighted by Gasteiger charge is 2.20. The first-order chi connectivity index (χ1) is 18.3. The van der Waals surface area contributed by atoms with E-state index in [0.29, 0.717) is 23.7 Å². The molecule has 2 heterocycles. The number of amides is 1. The fourth-order valence-electron chi connectivity index (χ4n) is 4.17. The Balaban J connectivity index is 1.10. The van der Waals surface area contributed by atoms with E-state index in [1.54, 1.807) is 29.5 Å². The Labute approximate surface area is 229 Å². The Hall–Kier alpha value is -3.25. The van der Waals surface area contributed by atoms with E-state index in [1.807, 2.05) is 18.2 Å². The number of nitrogens with zero attached hydrogens (tertiary/aromatic N) is 3. The zero-order valence-electron chi connectivity index (χ0n) is 20.2. The molecule has 38 heavy (non-hydrogen) atoms. The van der Waals surface area contributed by atoms with Crippen LogP contribution in [0, 0.1) is 5.82 Å². The largest absolute Gasteiger partial charge is 0.351 e. The Morgan fingerprint density at radius 2 is 1.79 bits per heavy atom.